The highest BCUT2D eigenvalue weighted by Gasteiger charge is 2.42. The molecule has 0 spiro atoms. The molecule has 0 bridgehead atoms. The summed E-state index contributed by atoms with van der Waals surface area (Å²) in [6.45, 7) is 1.94. The lowest BCUT2D eigenvalue weighted by Crippen LogP contribution is -2.49. The molecular weight excluding hydrogens is 474 g/mol. The molecule has 2 atom stereocenters. The predicted octanol–water partition coefficient (Wildman–Crippen LogP) is 3.89. The highest BCUT2D eigenvalue weighted by Crippen LogP contribution is 2.42. The van der Waals surface area contributed by atoms with E-state index in [-0.39, 0.29) is 18.4 Å². The first-order chi connectivity index (χ1) is 17.3. The smallest absolute Gasteiger partial charge is 0.283 e. The number of halogens is 4. The summed E-state index contributed by atoms with van der Waals surface area (Å²) in [4.78, 5) is 8.20. The third-order valence-electron chi connectivity index (χ3n) is 7.46. The summed E-state index contributed by atoms with van der Waals surface area (Å²) in [5, 5.41) is 17.2. The second-order valence-corrected chi connectivity index (χ2v) is 10.2. The number of alkyl halides is 3. The van der Waals surface area contributed by atoms with Gasteiger partial charge in [-0.15, -0.1) is 0 Å². The summed E-state index contributed by atoms with van der Waals surface area (Å²) in [5.41, 5.74) is 3.35. The highest BCUT2D eigenvalue weighted by molar-refractivity contribution is 5.83. The number of fused-ring (bicyclic) bond motifs is 3. The van der Waals surface area contributed by atoms with E-state index in [4.69, 9.17) is 0 Å². The van der Waals surface area contributed by atoms with Gasteiger partial charge in [0.1, 0.15) is 12.4 Å². The number of aromatic amines is 1. The molecule has 2 aliphatic rings. The van der Waals surface area contributed by atoms with Crippen molar-refractivity contribution in [2.75, 3.05) is 39.5 Å². The molecule has 2 N–H and O–H groups in total. The molecule has 5 rings (SSSR count). The van der Waals surface area contributed by atoms with E-state index in [1.54, 1.807) is 17.3 Å². The number of aliphatic hydroxyl groups is 1. The maximum absolute atomic E-state index is 15.6. The molecule has 3 aromatic rings. The predicted molar refractivity (Wildman–Crippen MR) is 128 cm³/mol. The molecule has 0 unspecified atom stereocenters. The number of H-pyrrole nitrogens is 1. The average Bonchev–Trinajstić information content (AvgIpc) is 3.31. The van der Waals surface area contributed by atoms with Crippen LogP contribution in [0.2, 0.25) is 0 Å². The first-order valence-electron chi connectivity index (χ1n) is 12.4. The van der Waals surface area contributed by atoms with Gasteiger partial charge in [0.25, 0.3) is 5.92 Å². The number of rotatable bonds is 9. The van der Waals surface area contributed by atoms with Crippen LogP contribution in [0.4, 0.5) is 17.6 Å². The lowest BCUT2D eigenvalue weighted by atomic mass is 9.84. The Kier molecular flexibility index (Phi) is 7.02. The number of benzene rings is 1. The fourth-order valence-electron chi connectivity index (χ4n) is 5.70. The van der Waals surface area contributed by atoms with Crippen LogP contribution in [0.25, 0.3) is 10.9 Å². The highest BCUT2D eigenvalue weighted by atomic mass is 19.3. The average molecular weight is 506 g/mol. The Labute approximate surface area is 207 Å². The number of hydrogen-bond donors (Lipinski definition) is 2. The van der Waals surface area contributed by atoms with Gasteiger partial charge < -0.3 is 10.0 Å². The molecule has 1 aromatic carbocycles. The number of aromatic nitrogens is 3. The Morgan fingerprint density at radius 3 is 2.75 bits per heavy atom. The summed E-state index contributed by atoms with van der Waals surface area (Å²) < 4.78 is 56.8. The minimum absolute atomic E-state index is 0.0984. The lowest BCUT2D eigenvalue weighted by Gasteiger charge is -2.43. The van der Waals surface area contributed by atoms with E-state index in [0.29, 0.717) is 25.2 Å². The summed E-state index contributed by atoms with van der Waals surface area (Å²) in [5.74, 6) is -3.50. The molecule has 0 saturated carbocycles. The van der Waals surface area contributed by atoms with Crippen LogP contribution in [0.3, 0.4) is 0 Å². The van der Waals surface area contributed by atoms with Gasteiger partial charge >= 0.3 is 0 Å². The molecule has 4 heterocycles. The van der Waals surface area contributed by atoms with E-state index in [0.717, 1.165) is 47.2 Å². The Morgan fingerprint density at radius 2 is 2.03 bits per heavy atom. The third kappa shape index (κ3) is 4.86. The van der Waals surface area contributed by atoms with Gasteiger partial charge in [0, 0.05) is 37.3 Å². The first kappa shape index (κ1) is 25.1. The zero-order valence-corrected chi connectivity index (χ0v) is 20.2. The van der Waals surface area contributed by atoms with Crippen LogP contribution >= 0.6 is 0 Å². The quantitative estimate of drug-likeness (QED) is 0.432. The van der Waals surface area contributed by atoms with Crippen molar-refractivity contribution in [3.8, 4) is 0 Å². The van der Waals surface area contributed by atoms with Crippen LogP contribution in [0, 0.1) is 11.7 Å². The van der Waals surface area contributed by atoms with Crippen molar-refractivity contribution >= 4 is 10.9 Å². The summed E-state index contributed by atoms with van der Waals surface area (Å²) in [6, 6.07) is 3.95. The van der Waals surface area contributed by atoms with Crippen molar-refractivity contribution < 1.29 is 22.7 Å². The van der Waals surface area contributed by atoms with Crippen molar-refractivity contribution in [2.24, 2.45) is 5.92 Å². The van der Waals surface area contributed by atoms with Crippen molar-refractivity contribution in [1.82, 2.24) is 25.0 Å². The van der Waals surface area contributed by atoms with E-state index in [1.807, 2.05) is 19.1 Å². The second-order valence-electron chi connectivity index (χ2n) is 10.2. The molecule has 36 heavy (non-hydrogen) atoms. The molecular formula is C26H31F4N5O. The molecule has 0 radical (unpaired) electrons. The minimum Gasteiger partial charge on any atom is -0.390 e. The molecule has 6 nitrogen and oxygen atoms in total. The zero-order valence-electron chi connectivity index (χ0n) is 20.2. The first-order valence-corrected chi connectivity index (χ1v) is 12.4. The number of nitrogens with one attached hydrogen (secondary N) is 1. The van der Waals surface area contributed by atoms with Gasteiger partial charge in [-0.05, 0) is 60.9 Å². The molecule has 2 aliphatic heterocycles. The summed E-state index contributed by atoms with van der Waals surface area (Å²) in [7, 11) is 0. The monoisotopic (exact) mass is 505 g/mol. The van der Waals surface area contributed by atoms with Gasteiger partial charge in [0.05, 0.1) is 36.7 Å². The largest absolute Gasteiger partial charge is 0.390 e. The summed E-state index contributed by atoms with van der Waals surface area (Å²) in [6.07, 6.45) is 5.02. The molecule has 1 fully saturated rings. The normalized spacial score (nSPS) is 21.6. The van der Waals surface area contributed by atoms with E-state index < -0.39 is 30.9 Å². The molecule has 0 amide bonds. The van der Waals surface area contributed by atoms with Crippen LogP contribution < -0.4 is 0 Å². The van der Waals surface area contributed by atoms with Gasteiger partial charge in [0.15, 0.2) is 0 Å². The van der Waals surface area contributed by atoms with Crippen LogP contribution in [0.5, 0.6) is 0 Å². The van der Waals surface area contributed by atoms with Gasteiger partial charge in [-0.2, -0.15) is 5.10 Å². The van der Waals surface area contributed by atoms with Crippen molar-refractivity contribution in [2.45, 2.75) is 44.2 Å². The van der Waals surface area contributed by atoms with Gasteiger partial charge in [-0.3, -0.25) is 19.4 Å². The van der Waals surface area contributed by atoms with Gasteiger partial charge in [0.2, 0.25) is 0 Å². The Balaban J connectivity index is 1.45. The van der Waals surface area contributed by atoms with E-state index in [1.165, 1.54) is 6.07 Å². The van der Waals surface area contributed by atoms with Gasteiger partial charge in [-0.25, -0.2) is 13.2 Å². The van der Waals surface area contributed by atoms with E-state index >= 15 is 4.39 Å². The molecule has 194 valence electrons. The number of hydrogen-bond acceptors (Lipinski definition) is 5. The summed E-state index contributed by atoms with van der Waals surface area (Å²) >= 11 is 0. The zero-order chi connectivity index (χ0) is 25.4. The molecule has 1 saturated heterocycles. The number of aliphatic hydroxyl groups excluding tert-OH is 1. The maximum atomic E-state index is 15.6. The lowest BCUT2D eigenvalue weighted by molar-refractivity contribution is -0.0867. The standard InChI is InChI=1S/C26H31F4N5O/c1-16-7-20-19(3-4-23-21(20)11-32-33-23)25(35(16)14-26(29,30)15-36)24-22(28)9-17(10-31-24)8-18-12-34(13-18)6-2-5-27/h3-4,9-11,16,18,25,36H,2,5-8,12-15H2,1H3,(H,32,33)/t16-,25+/m1/s1. The molecule has 0 aliphatic carbocycles. The van der Waals surface area contributed by atoms with E-state index in [2.05, 4.69) is 20.1 Å². The van der Waals surface area contributed by atoms with E-state index in [9.17, 15) is 18.3 Å². The van der Waals surface area contributed by atoms with Crippen LogP contribution in [-0.4, -0.2) is 81.5 Å². The Hall–Kier alpha value is -2.56. The number of nitrogens with zero attached hydrogens (tertiary/aromatic N) is 4. The van der Waals surface area contributed by atoms with Crippen molar-refractivity contribution in [3.05, 3.63) is 58.8 Å². The number of likely N-dealkylation sites (tertiary alicyclic amines) is 1. The number of pyridine rings is 1. The maximum Gasteiger partial charge on any atom is 0.283 e. The fraction of sp³-hybridized carbons (Fsp3) is 0.538. The molecule has 2 aromatic heterocycles. The Bertz CT molecular complexity index is 1210. The van der Waals surface area contributed by atoms with Crippen LogP contribution in [0.15, 0.2) is 30.6 Å². The molecule has 10 heteroatoms. The Morgan fingerprint density at radius 1 is 1.22 bits per heavy atom. The SMILES string of the molecule is C[C@@H]1Cc2c(ccc3[nH]ncc23)[C@@H](c2ncc(CC3CN(CCCF)C3)cc2F)N1CC(F)(F)CO. The fourth-order valence-corrected chi connectivity index (χ4v) is 5.70. The topological polar surface area (TPSA) is 68.3 Å². The van der Waals surface area contributed by atoms with Crippen molar-refractivity contribution in [3.63, 3.8) is 0 Å². The third-order valence-corrected chi connectivity index (χ3v) is 7.46. The van der Waals surface area contributed by atoms with Crippen LogP contribution in [0.1, 0.15) is 41.8 Å². The van der Waals surface area contributed by atoms with Gasteiger partial charge in [-0.1, -0.05) is 6.07 Å². The van der Waals surface area contributed by atoms with Crippen LogP contribution in [-0.2, 0) is 12.8 Å². The second kappa shape index (κ2) is 10.1. The minimum atomic E-state index is -3.33. The van der Waals surface area contributed by atoms with Crippen molar-refractivity contribution in [1.29, 1.82) is 0 Å².